The van der Waals surface area contributed by atoms with Crippen LogP contribution in [0.5, 0.6) is 0 Å². The zero-order valence-electron chi connectivity index (χ0n) is 10.1. The summed E-state index contributed by atoms with van der Waals surface area (Å²) in [5, 5.41) is 3.21. The molecule has 1 heterocycles. The van der Waals surface area contributed by atoms with Crippen molar-refractivity contribution < 1.29 is 13.2 Å². The number of alkyl halides is 3. The Hall–Kier alpha value is -1.04. The second-order valence-corrected chi connectivity index (χ2v) is 4.88. The average Bonchev–Trinajstić information content (AvgIpc) is 2.81. The summed E-state index contributed by atoms with van der Waals surface area (Å²) in [5.74, 6) is -1.13. The van der Waals surface area contributed by atoms with Crippen LogP contribution >= 0.6 is 0 Å². The predicted molar refractivity (Wildman–Crippen MR) is 62.1 cm³/mol. The number of hydrogen-bond donors (Lipinski definition) is 2. The van der Waals surface area contributed by atoms with Crippen LogP contribution in [0.25, 0.3) is 0 Å². The standard InChI is InChI=1S/C12H18F3N3/c13-12(14,15)9-2-1-3-10(6-9)17-5-4-11-7-16-8-18-11/h7-10,17H,1-6H2,(H,16,18). The maximum absolute atomic E-state index is 12.6. The molecule has 2 unspecified atom stereocenters. The number of nitrogens with zero attached hydrogens (tertiary/aromatic N) is 1. The van der Waals surface area contributed by atoms with Crippen LogP contribution < -0.4 is 5.32 Å². The first-order chi connectivity index (χ1) is 8.55. The summed E-state index contributed by atoms with van der Waals surface area (Å²) >= 11 is 0. The van der Waals surface area contributed by atoms with Crippen molar-refractivity contribution in [1.29, 1.82) is 0 Å². The van der Waals surface area contributed by atoms with E-state index in [-0.39, 0.29) is 18.9 Å². The molecule has 0 amide bonds. The van der Waals surface area contributed by atoms with Crippen LogP contribution in [0.4, 0.5) is 13.2 Å². The smallest absolute Gasteiger partial charge is 0.348 e. The number of nitrogens with one attached hydrogen (secondary N) is 2. The van der Waals surface area contributed by atoms with E-state index >= 15 is 0 Å². The molecule has 1 aromatic heterocycles. The van der Waals surface area contributed by atoms with Gasteiger partial charge in [-0.25, -0.2) is 4.98 Å². The van der Waals surface area contributed by atoms with Gasteiger partial charge < -0.3 is 10.3 Å². The third-order valence-corrected chi connectivity index (χ3v) is 3.52. The van der Waals surface area contributed by atoms with Crippen molar-refractivity contribution in [1.82, 2.24) is 15.3 Å². The summed E-state index contributed by atoms with van der Waals surface area (Å²) in [4.78, 5) is 6.88. The monoisotopic (exact) mass is 261 g/mol. The molecule has 18 heavy (non-hydrogen) atoms. The van der Waals surface area contributed by atoms with Gasteiger partial charge in [-0.1, -0.05) is 6.42 Å². The van der Waals surface area contributed by atoms with Crippen molar-refractivity contribution in [2.24, 2.45) is 5.92 Å². The molecule has 6 heteroatoms. The van der Waals surface area contributed by atoms with Gasteiger partial charge in [-0.2, -0.15) is 13.2 Å². The molecule has 0 aromatic carbocycles. The highest BCUT2D eigenvalue weighted by Gasteiger charge is 2.41. The van der Waals surface area contributed by atoms with Gasteiger partial charge in [-0.15, -0.1) is 0 Å². The van der Waals surface area contributed by atoms with E-state index in [1.54, 1.807) is 12.5 Å². The molecule has 2 rings (SSSR count). The number of imidazole rings is 1. The molecule has 1 aliphatic carbocycles. The fraction of sp³-hybridized carbons (Fsp3) is 0.750. The Kier molecular flexibility index (Phi) is 4.27. The Balaban J connectivity index is 1.73. The van der Waals surface area contributed by atoms with E-state index in [1.165, 1.54) is 0 Å². The van der Waals surface area contributed by atoms with Crippen LogP contribution in [-0.4, -0.2) is 28.7 Å². The Morgan fingerprint density at radius 2 is 2.22 bits per heavy atom. The number of aromatic nitrogens is 2. The predicted octanol–water partition coefficient (Wildman–Crippen LogP) is 2.66. The first-order valence-electron chi connectivity index (χ1n) is 6.33. The third-order valence-electron chi connectivity index (χ3n) is 3.52. The number of H-pyrrole nitrogens is 1. The summed E-state index contributed by atoms with van der Waals surface area (Å²) in [6.45, 7) is 0.692. The van der Waals surface area contributed by atoms with Crippen molar-refractivity contribution in [3.05, 3.63) is 18.2 Å². The average molecular weight is 261 g/mol. The third kappa shape index (κ3) is 3.73. The number of halogens is 3. The van der Waals surface area contributed by atoms with Gasteiger partial charge >= 0.3 is 6.18 Å². The largest absolute Gasteiger partial charge is 0.391 e. The summed E-state index contributed by atoms with van der Waals surface area (Å²) in [6.07, 6.45) is 2.07. The molecule has 2 N–H and O–H groups in total. The number of aromatic amines is 1. The minimum absolute atomic E-state index is 0.00621. The normalized spacial score (nSPS) is 25.3. The molecule has 0 radical (unpaired) electrons. The molecule has 0 aliphatic heterocycles. The zero-order valence-corrected chi connectivity index (χ0v) is 10.1. The Labute approximate surface area is 104 Å². The molecule has 3 nitrogen and oxygen atoms in total. The molecule has 1 saturated carbocycles. The van der Waals surface area contributed by atoms with Gasteiger partial charge in [-0.05, 0) is 19.3 Å². The van der Waals surface area contributed by atoms with Gasteiger partial charge in [-0.3, -0.25) is 0 Å². The van der Waals surface area contributed by atoms with E-state index in [2.05, 4.69) is 15.3 Å². The highest BCUT2D eigenvalue weighted by atomic mass is 19.4. The van der Waals surface area contributed by atoms with Gasteiger partial charge in [0.15, 0.2) is 0 Å². The first-order valence-corrected chi connectivity index (χ1v) is 6.33. The lowest BCUT2D eigenvalue weighted by atomic mass is 9.85. The second-order valence-electron chi connectivity index (χ2n) is 4.88. The van der Waals surface area contributed by atoms with Crippen LogP contribution in [0.3, 0.4) is 0 Å². The molecule has 0 saturated heterocycles. The van der Waals surface area contributed by atoms with E-state index in [1.807, 2.05) is 0 Å². The summed E-state index contributed by atoms with van der Waals surface area (Å²) in [6, 6.07) is -0.00621. The van der Waals surface area contributed by atoms with Gasteiger partial charge in [0.1, 0.15) is 0 Å². The molecular formula is C12H18F3N3. The fourth-order valence-corrected chi connectivity index (χ4v) is 2.50. The molecule has 1 aromatic rings. The fourth-order valence-electron chi connectivity index (χ4n) is 2.50. The van der Waals surface area contributed by atoms with Crippen molar-refractivity contribution in [3.8, 4) is 0 Å². The molecule has 0 bridgehead atoms. The van der Waals surface area contributed by atoms with Crippen LogP contribution in [0.2, 0.25) is 0 Å². The van der Waals surface area contributed by atoms with Crippen LogP contribution in [0, 0.1) is 5.92 Å². The minimum Gasteiger partial charge on any atom is -0.348 e. The van der Waals surface area contributed by atoms with Gasteiger partial charge in [0.2, 0.25) is 0 Å². The van der Waals surface area contributed by atoms with E-state index < -0.39 is 12.1 Å². The first kappa shape index (κ1) is 13.4. The summed E-state index contributed by atoms with van der Waals surface area (Å²) in [7, 11) is 0. The van der Waals surface area contributed by atoms with Crippen LogP contribution in [0.1, 0.15) is 31.4 Å². The topological polar surface area (TPSA) is 40.7 Å². The molecule has 1 aliphatic rings. The van der Waals surface area contributed by atoms with Crippen molar-refractivity contribution in [2.75, 3.05) is 6.54 Å². The molecule has 0 spiro atoms. The molecule has 2 atom stereocenters. The van der Waals surface area contributed by atoms with Gasteiger partial charge in [0, 0.05) is 30.9 Å². The highest BCUT2D eigenvalue weighted by Crippen LogP contribution is 2.37. The van der Waals surface area contributed by atoms with Crippen LogP contribution in [-0.2, 0) is 6.42 Å². The lowest BCUT2D eigenvalue weighted by molar-refractivity contribution is -0.183. The Morgan fingerprint density at radius 3 is 2.89 bits per heavy atom. The van der Waals surface area contributed by atoms with Gasteiger partial charge in [0.05, 0.1) is 12.2 Å². The quantitative estimate of drug-likeness (QED) is 0.874. The van der Waals surface area contributed by atoms with E-state index in [0.717, 1.165) is 18.5 Å². The Morgan fingerprint density at radius 1 is 1.39 bits per heavy atom. The van der Waals surface area contributed by atoms with Crippen molar-refractivity contribution >= 4 is 0 Å². The summed E-state index contributed by atoms with van der Waals surface area (Å²) in [5.41, 5.74) is 1.01. The Bertz CT molecular complexity index is 348. The van der Waals surface area contributed by atoms with Gasteiger partial charge in [0.25, 0.3) is 0 Å². The lowest BCUT2D eigenvalue weighted by Crippen LogP contribution is -2.39. The number of hydrogen-bond acceptors (Lipinski definition) is 2. The number of rotatable bonds is 4. The van der Waals surface area contributed by atoms with Crippen LogP contribution in [0.15, 0.2) is 12.5 Å². The van der Waals surface area contributed by atoms with E-state index in [9.17, 15) is 13.2 Å². The lowest BCUT2D eigenvalue weighted by Gasteiger charge is -2.31. The molecule has 102 valence electrons. The maximum atomic E-state index is 12.6. The van der Waals surface area contributed by atoms with Crippen molar-refractivity contribution in [3.63, 3.8) is 0 Å². The van der Waals surface area contributed by atoms with E-state index in [4.69, 9.17) is 0 Å². The SMILES string of the molecule is FC(F)(F)C1CCCC(NCCc2cnc[nH]2)C1. The van der Waals surface area contributed by atoms with Crippen molar-refractivity contribution in [2.45, 2.75) is 44.3 Å². The minimum atomic E-state index is -4.04. The maximum Gasteiger partial charge on any atom is 0.391 e. The van der Waals surface area contributed by atoms with E-state index in [0.29, 0.717) is 13.0 Å². The zero-order chi connectivity index (χ0) is 13.0. The molecular weight excluding hydrogens is 243 g/mol. The highest BCUT2D eigenvalue weighted by molar-refractivity contribution is 4.95. The summed E-state index contributed by atoms with van der Waals surface area (Å²) < 4.78 is 37.9. The second kappa shape index (κ2) is 5.73. The molecule has 1 fully saturated rings.